The zero-order valence-corrected chi connectivity index (χ0v) is 15.6. The Balaban J connectivity index is 1.93. The van der Waals surface area contributed by atoms with E-state index in [0.717, 1.165) is 11.3 Å². The van der Waals surface area contributed by atoms with Crippen molar-refractivity contribution in [1.29, 1.82) is 0 Å². The van der Waals surface area contributed by atoms with Crippen LogP contribution in [0.15, 0.2) is 24.3 Å². The number of thiophene rings is 1. The lowest BCUT2D eigenvalue weighted by molar-refractivity contribution is 0.0761. The van der Waals surface area contributed by atoms with E-state index in [2.05, 4.69) is 0 Å². The number of thioether (sulfide) groups is 1. The summed E-state index contributed by atoms with van der Waals surface area (Å²) >= 11 is 27.1. The minimum Gasteiger partial charge on any atom is -0.322 e. The summed E-state index contributed by atoms with van der Waals surface area (Å²) in [5.74, 6) is 0.708. The standard InChI is InChI=1S/C14H9Cl4NOS2/c15-7-1-2-8(10(16)5-7)14-19(3-4-21-14)13(20)9-6-11(17)22-12(9)18/h1-2,5-6,14H,3-4H2. The van der Waals surface area contributed by atoms with E-state index in [4.69, 9.17) is 46.4 Å². The van der Waals surface area contributed by atoms with Crippen LogP contribution in [0.2, 0.25) is 18.7 Å². The van der Waals surface area contributed by atoms with Crippen LogP contribution in [0.5, 0.6) is 0 Å². The van der Waals surface area contributed by atoms with E-state index in [0.29, 0.717) is 30.8 Å². The van der Waals surface area contributed by atoms with Gasteiger partial charge in [0, 0.05) is 27.9 Å². The van der Waals surface area contributed by atoms with Crippen LogP contribution in [-0.4, -0.2) is 23.1 Å². The van der Waals surface area contributed by atoms with E-state index in [9.17, 15) is 4.79 Å². The molecule has 2 aromatic rings. The van der Waals surface area contributed by atoms with Crippen molar-refractivity contribution in [1.82, 2.24) is 4.90 Å². The second-order valence-electron chi connectivity index (χ2n) is 4.63. The van der Waals surface area contributed by atoms with Crippen LogP contribution in [0, 0.1) is 0 Å². The maximum absolute atomic E-state index is 12.8. The summed E-state index contributed by atoms with van der Waals surface area (Å²) in [6, 6.07) is 6.93. The Morgan fingerprint density at radius 3 is 2.59 bits per heavy atom. The van der Waals surface area contributed by atoms with Crippen molar-refractivity contribution in [3.8, 4) is 0 Å². The van der Waals surface area contributed by atoms with Gasteiger partial charge in [0.25, 0.3) is 5.91 Å². The van der Waals surface area contributed by atoms with Gasteiger partial charge in [-0.1, -0.05) is 52.5 Å². The maximum atomic E-state index is 12.8. The monoisotopic (exact) mass is 411 g/mol. The first kappa shape index (κ1) is 16.7. The summed E-state index contributed by atoms with van der Waals surface area (Å²) in [6.45, 7) is 0.636. The minimum atomic E-state index is -0.146. The molecule has 1 aliphatic heterocycles. The molecule has 2 nitrogen and oxygen atoms in total. The Morgan fingerprint density at radius 2 is 1.95 bits per heavy atom. The molecule has 1 fully saturated rings. The molecular weight excluding hydrogens is 404 g/mol. The molecule has 0 N–H and O–H groups in total. The number of hydrogen-bond acceptors (Lipinski definition) is 3. The highest BCUT2D eigenvalue weighted by atomic mass is 35.5. The van der Waals surface area contributed by atoms with Crippen molar-refractivity contribution in [2.45, 2.75) is 5.37 Å². The Hall–Kier alpha value is -0.100. The van der Waals surface area contributed by atoms with Gasteiger partial charge in [0.15, 0.2) is 0 Å². The highest BCUT2D eigenvalue weighted by Gasteiger charge is 2.33. The van der Waals surface area contributed by atoms with Crippen molar-refractivity contribution in [2.24, 2.45) is 0 Å². The van der Waals surface area contributed by atoms with Gasteiger partial charge in [0.1, 0.15) is 9.71 Å². The molecule has 0 aliphatic carbocycles. The summed E-state index contributed by atoms with van der Waals surface area (Å²) in [5, 5.41) is 0.980. The van der Waals surface area contributed by atoms with Gasteiger partial charge in [-0.15, -0.1) is 23.1 Å². The van der Waals surface area contributed by atoms with Gasteiger partial charge in [-0.2, -0.15) is 0 Å². The molecule has 8 heteroatoms. The fraction of sp³-hybridized carbons (Fsp3) is 0.214. The molecule has 1 aromatic carbocycles. The number of halogens is 4. The van der Waals surface area contributed by atoms with Crippen LogP contribution in [-0.2, 0) is 0 Å². The number of hydrogen-bond donors (Lipinski definition) is 0. The molecule has 1 aromatic heterocycles. The molecule has 1 unspecified atom stereocenters. The number of benzene rings is 1. The Bertz CT molecular complexity index is 734. The topological polar surface area (TPSA) is 20.3 Å². The van der Waals surface area contributed by atoms with E-state index >= 15 is 0 Å². The Morgan fingerprint density at radius 1 is 1.18 bits per heavy atom. The van der Waals surface area contributed by atoms with E-state index in [-0.39, 0.29) is 11.3 Å². The molecule has 0 saturated carbocycles. The normalized spacial score (nSPS) is 18.0. The SMILES string of the molecule is O=C(c1cc(Cl)sc1Cl)N1CCSC1c1ccc(Cl)cc1Cl. The molecule has 22 heavy (non-hydrogen) atoms. The van der Waals surface area contributed by atoms with E-state index in [1.54, 1.807) is 34.9 Å². The third-order valence-electron chi connectivity index (χ3n) is 3.27. The molecular formula is C14H9Cl4NOS2. The molecule has 0 radical (unpaired) electrons. The fourth-order valence-electron chi connectivity index (χ4n) is 2.28. The molecule has 1 aliphatic rings. The fourth-order valence-corrected chi connectivity index (χ4v) is 5.59. The predicted molar refractivity (Wildman–Crippen MR) is 97.0 cm³/mol. The largest absolute Gasteiger partial charge is 0.322 e. The molecule has 116 valence electrons. The average molecular weight is 413 g/mol. The lowest BCUT2D eigenvalue weighted by atomic mass is 10.2. The van der Waals surface area contributed by atoms with Crippen molar-refractivity contribution in [2.75, 3.05) is 12.3 Å². The number of carbonyl (C=O) groups excluding carboxylic acids is 1. The van der Waals surface area contributed by atoms with Crippen LogP contribution >= 0.6 is 69.5 Å². The van der Waals surface area contributed by atoms with Gasteiger partial charge < -0.3 is 4.90 Å². The molecule has 0 bridgehead atoms. The Labute approximate surface area is 156 Å². The molecule has 2 heterocycles. The zero-order chi connectivity index (χ0) is 15.9. The van der Waals surface area contributed by atoms with Crippen molar-refractivity contribution >= 4 is 75.4 Å². The van der Waals surface area contributed by atoms with Gasteiger partial charge in [-0.25, -0.2) is 0 Å². The minimum absolute atomic E-state index is 0.130. The second kappa shape index (κ2) is 6.80. The Kier molecular flexibility index (Phi) is 5.17. The number of amides is 1. The molecule has 1 saturated heterocycles. The summed E-state index contributed by atoms with van der Waals surface area (Å²) in [5.41, 5.74) is 1.31. The smallest absolute Gasteiger partial charge is 0.257 e. The first-order chi connectivity index (χ1) is 10.5. The quantitative estimate of drug-likeness (QED) is 0.580. The van der Waals surface area contributed by atoms with Crippen molar-refractivity contribution in [3.05, 3.63) is 54.1 Å². The van der Waals surface area contributed by atoms with Gasteiger partial charge in [0.05, 0.1) is 9.90 Å². The second-order valence-corrected chi connectivity index (χ2v) is 8.94. The first-order valence-corrected chi connectivity index (χ1v) is 9.67. The van der Waals surface area contributed by atoms with Crippen LogP contribution in [0.4, 0.5) is 0 Å². The molecule has 0 spiro atoms. The van der Waals surface area contributed by atoms with Gasteiger partial charge in [0.2, 0.25) is 0 Å². The molecule has 3 rings (SSSR count). The van der Waals surface area contributed by atoms with Crippen molar-refractivity contribution < 1.29 is 4.79 Å². The van der Waals surface area contributed by atoms with Gasteiger partial charge in [-0.05, 0) is 18.2 Å². The zero-order valence-electron chi connectivity index (χ0n) is 11.0. The molecule has 1 atom stereocenters. The number of carbonyl (C=O) groups is 1. The third-order valence-corrected chi connectivity index (χ3v) is 6.56. The van der Waals surface area contributed by atoms with Gasteiger partial charge >= 0.3 is 0 Å². The lowest BCUT2D eigenvalue weighted by Crippen LogP contribution is -2.30. The maximum Gasteiger partial charge on any atom is 0.257 e. The molecule has 1 amide bonds. The number of rotatable bonds is 2. The van der Waals surface area contributed by atoms with E-state index in [1.165, 1.54) is 11.3 Å². The van der Waals surface area contributed by atoms with Crippen LogP contribution in [0.1, 0.15) is 21.3 Å². The average Bonchev–Trinajstić information content (AvgIpc) is 3.04. The van der Waals surface area contributed by atoms with E-state index in [1.807, 2.05) is 6.07 Å². The predicted octanol–water partition coefficient (Wildman–Crippen LogP) is 6.25. The van der Waals surface area contributed by atoms with Gasteiger partial charge in [-0.3, -0.25) is 4.79 Å². The highest BCUT2D eigenvalue weighted by Crippen LogP contribution is 2.43. The number of nitrogens with zero attached hydrogens (tertiary/aromatic N) is 1. The summed E-state index contributed by atoms with van der Waals surface area (Å²) in [7, 11) is 0. The van der Waals surface area contributed by atoms with Crippen LogP contribution < -0.4 is 0 Å². The summed E-state index contributed by atoms with van der Waals surface area (Å²) < 4.78 is 0.911. The van der Waals surface area contributed by atoms with E-state index < -0.39 is 0 Å². The van der Waals surface area contributed by atoms with Crippen LogP contribution in [0.3, 0.4) is 0 Å². The summed E-state index contributed by atoms with van der Waals surface area (Å²) in [4.78, 5) is 14.5. The summed E-state index contributed by atoms with van der Waals surface area (Å²) in [6.07, 6.45) is 0. The highest BCUT2D eigenvalue weighted by molar-refractivity contribution is 7.99. The lowest BCUT2D eigenvalue weighted by Gasteiger charge is -2.24. The van der Waals surface area contributed by atoms with Crippen molar-refractivity contribution in [3.63, 3.8) is 0 Å². The van der Waals surface area contributed by atoms with Crippen LogP contribution in [0.25, 0.3) is 0 Å². The first-order valence-electron chi connectivity index (χ1n) is 6.29. The third kappa shape index (κ3) is 3.23.